The number of thiophene rings is 1. The summed E-state index contributed by atoms with van der Waals surface area (Å²) in [6.45, 7) is 0.611. The second-order valence-corrected chi connectivity index (χ2v) is 5.67. The van der Waals surface area contributed by atoms with E-state index in [1.807, 2.05) is 29.6 Å². The third-order valence-corrected chi connectivity index (χ3v) is 4.04. The van der Waals surface area contributed by atoms with Crippen LogP contribution in [-0.2, 0) is 6.42 Å². The van der Waals surface area contributed by atoms with Crippen LogP contribution >= 0.6 is 35.6 Å². The highest BCUT2D eigenvalue weighted by Crippen LogP contribution is 2.17. The summed E-state index contributed by atoms with van der Waals surface area (Å²) < 4.78 is 0. The fraction of sp³-hybridized carbons (Fsp3) is 0.154. The van der Waals surface area contributed by atoms with Crippen LogP contribution in [0.2, 0.25) is 5.02 Å². The van der Waals surface area contributed by atoms with Gasteiger partial charge in [0.15, 0.2) is 0 Å². The molecule has 0 unspecified atom stereocenters. The van der Waals surface area contributed by atoms with Crippen LogP contribution in [0.5, 0.6) is 0 Å². The Morgan fingerprint density at radius 1 is 1.33 bits per heavy atom. The van der Waals surface area contributed by atoms with Crippen molar-refractivity contribution < 1.29 is 4.79 Å². The normalized spacial score (nSPS) is 10.3. The van der Waals surface area contributed by atoms with Gasteiger partial charge in [-0.1, -0.05) is 23.7 Å². The highest BCUT2D eigenvalue weighted by molar-refractivity contribution is 7.80. The van der Waals surface area contributed by atoms with Crippen molar-refractivity contribution in [1.29, 1.82) is 0 Å². The number of benzene rings is 1. The van der Waals surface area contributed by atoms with Crippen LogP contribution < -0.4 is 5.32 Å². The zero-order valence-corrected chi connectivity index (χ0v) is 12.0. The Balaban J connectivity index is 1.82. The van der Waals surface area contributed by atoms with Gasteiger partial charge in [-0.3, -0.25) is 4.79 Å². The lowest BCUT2D eigenvalue weighted by molar-refractivity contribution is 0.0958. The molecule has 0 saturated carbocycles. The number of thiol groups is 1. The lowest BCUT2D eigenvalue weighted by Gasteiger charge is -2.04. The summed E-state index contributed by atoms with van der Waals surface area (Å²) in [5.41, 5.74) is 1.15. The first-order valence-electron chi connectivity index (χ1n) is 5.45. The van der Waals surface area contributed by atoms with E-state index in [4.69, 9.17) is 11.6 Å². The minimum atomic E-state index is -0.0470. The van der Waals surface area contributed by atoms with Gasteiger partial charge in [0.1, 0.15) is 0 Å². The molecule has 0 bridgehead atoms. The summed E-state index contributed by atoms with van der Waals surface area (Å²) in [6.07, 6.45) is 0.794. The topological polar surface area (TPSA) is 29.1 Å². The Morgan fingerprint density at radius 2 is 2.06 bits per heavy atom. The molecule has 0 spiro atoms. The molecule has 1 heterocycles. The van der Waals surface area contributed by atoms with Crippen molar-refractivity contribution in [3.05, 3.63) is 51.2 Å². The second kappa shape index (κ2) is 6.27. The number of carbonyl (C=O) groups is 1. The van der Waals surface area contributed by atoms with Gasteiger partial charge in [0.2, 0.25) is 0 Å². The number of amides is 1. The number of halogens is 1. The van der Waals surface area contributed by atoms with Gasteiger partial charge in [-0.2, -0.15) is 0 Å². The van der Waals surface area contributed by atoms with E-state index in [0.717, 1.165) is 21.9 Å². The Morgan fingerprint density at radius 3 is 2.67 bits per heavy atom. The van der Waals surface area contributed by atoms with Gasteiger partial charge in [0, 0.05) is 21.8 Å². The van der Waals surface area contributed by atoms with Crippen molar-refractivity contribution >= 4 is 41.5 Å². The highest BCUT2D eigenvalue weighted by atomic mass is 35.5. The van der Waals surface area contributed by atoms with Gasteiger partial charge < -0.3 is 5.32 Å². The smallest absolute Gasteiger partial charge is 0.261 e. The minimum Gasteiger partial charge on any atom is -0.351 e. The first kappa shape index (κ1) is 13.5. The van der Waals surface area contributed by atoms with E-state index in [1.54, 1.807) is 6.07 Å². The molecule has 0 saturated heterocycles. The SMILES string of the molecule is O=C(NCCc1ccc(Cl)cc1)c1cc(S)cs1. The molecule has 0 aliphatic carbocycles. The van der Waals surface area contributed by atoms with Crippen LogP contribution in [0.1, 0.15) is 15.2 Å². The van der Waals surface area contributed by atoms with E-state index in [1.165, 1.54) is 11.3 Å². The Hall–Kier alpha value is -0.970. The van der Waals surface area contributed by atoms with Crippen LogP contribution in [0, 0.1) is 0 Å². The van der Waals surface area contributed by atoms with Crippen molar-refractivity contribution in [1.82, 2.24) is 5.32 Å². The third kappa shape index (κ3) is 3.77. The van der Waals surface area contributed by atoms with E-state index >= 15 is 0 Å². The number of nitrogens with one attached hydrogen (secondary N) is 1. The lowest BCUT2D eigenvalue weighted by atomic mass is 10.1. The minimum absolute atomic E-state index is 0.0470. The van der Waals surface area contributed by atoms with E-state index in [-0.39, 0.29) is 5.91 Å². The molecule has 0 atom stereocenters. The predicted octanol–water partition coefficient (Wildman–Crippen LogP) is 3.66. The maximum Gasteiger partial charge on any atom is 0.261 e. The molecule has 2 rings (SSSR count). The maximum absolute atomic E-state index is 11.7. The monoisotopic (exact) mass is 297 g/mol. The Labute approximate surface area is 120 Å². The highest BCUT2D eigenvalue weighted by Gasteiger charge is 2.07. The lowest BCUT2D eigenvalue weighted by Crippen LogP contribution is -2.24. The first-order valence-corrected chi connectivity index (χ1v) is 7.16. The van der Waals surface area contributed by atoms with Crippen LogP contribution in [0.4, 0.5) is 0 Å². The summed E-state index contributed by atoms with van der Waals surface area (Å²) in [5, 5.41) is 5.45. The standard InChI is InChI=1S/C13H12ClNOS2/c14-10-3-1-9(2-4-10)5-6-15-13(16)12-7-11(17)8-18-12/h1-4,7-8,17H,5-6H2,(H,15,16). The van der Waals surface area contributed by atoms with Crippen molar-refractivity contribution in [3.63, 3.8) is 0 Å². The molecule has 1 N–H and O–H groups in total. The summed E-state index contributed by atoms with van der Waals surface area (Å²) in [5.74, 6) is -0.0470. The van der Waals surface area contributed by atoms with Crippen molar-refractivity contribution in [3.8, 4) is 0 Å². The molecule has 0 fully saturated rings. The third-order valence-electron chi connectivity index (χ3n) is 2.42. The molecule has 2 aromatic rings. The predicted molar refractivity (Wildman–Crippen MR) is 79.1 cm³/mol. The van der Waals surface area contributed by atoms with Gasteiger partial charge in [-0.15, -0.1) is 24.0 Å². The van der Waals surface area contributed by atoms with Crippen LogP contribution in [0.15, 0.2) is 40.6 Å². The molecule has 2 nitrogen and oxygen atoms in total. The van der Waals surface area contributed by atoms with Crippen LogP contribution in [0.25, 0.3) is 0 Å². The molecule has 0 radical (unpaired) electrons. The Bertz CT molecular complexity index is 536. The van der Waals surface area contributed by atoms with Gasteiger partial charge >= 0.3 is 0 Å². The van der Waals surface area contributed by atoms with E-state index in [9.17, 15) is 4.79 Å². The molecule has 0 aliphatic heterocycles. The van der Waals surface area contributed by atoms with E-state index in [2.05, 4.69) is 17.9 Å². The largest absolute Gasteiger partial charge is 0.351 e. The van der Waals surface area contributed by atoms with Gasteiger partial charge in [-0.25, -0.2) is 0 Å². The summed E-state index contributed by atoms with van der Waals surface area (Å²) in [4.78, 5) is 13.3. The Kier molecular flexibility index (Phi) is 4.69. The summed E-state index contributed by atoms with van der Waals surface area (Å²) >= 11 is 11.4. The van der Waals surface area contributed by atoms with Crippen LogP contribution in [0.3, 0.4) is 0 Å². The molecular weight excluding hydrogens is 286 g/mol. The number of carbonyl (C=O) groups excluding carboxylic acids is 1. The number of hydrogen-bond acceptors (Lipinski definition) is 3. The second-order valence-electron chi connectivity index (χ2n) is 3.80. The average molecular weight is 298 g/mol. The molecule has 1 aromatic heterocycles. The average Bonchev–Trinajstić information content (AvgIpc) is 2.78. The molecule has 0 aliphatic rings. The van der Waals surface area contributed by atoms with Crippen LogP contribution in [-0.4, -0.2) is 12.5 Å². The fourth-order valence-corrected chi connectivity index (χ4v) is 2.69. The first-order chi connectivity index (χ1) is 8.65. The number of rotatable bonds is 4. The fourth-order valence-electron chi connectivity index (χ4n) is 1.50. The number of hydrogen-bond donors (Lipinski definition) is 2. The molecular formula is C13H12ClNOS2. The molecule has 1 aromatic carbocycles. The van der Waals surface area contributed by atoms with Gasteiger partial charge in [0.25, 0.3) is 5.91 Å². The van der Waals surface area contributed by atoms with E-state index < -0.39 is 0 Å². The van der Waals surface area contributed by atoms with Crippen molar-refractivity contribution in [2.75, 3.05) is 6.54 Å². The molecule has 1 amide bonds. The van der Waals surface area contributed by atoms with Crippen molar-refractivity contribution in [2.24, 2.45) is 0 Å². The quantitative estimate of drug-likeness (QED) is 0.829. The molecule has 5 heteroatoms. The molecule has 94 valence electrons. The summed E-state index contributed by atoms with van der Waals surface area (Å²) in [6, 6.07) is 9.40. The van der Waals surface area contributed by atoms with Gasteiger partial charge in [0.05, 0.1) is 4.88 Å². The van der Waals surface area contributed by atoms with E-state index in [0.29, 0.717) is 11.4 Å². The molecule has 18 heavy (non-hydrogen) atoms. The van der Waals surface area contributed by atoms with Crippen molar-refractivity contribution in [2.45, 2.75) is 11.3 Å². The van der Waals surface area contributed by atoms with Gasteiger partial charge in [-0.05, 0) is 30.2 Å². The summed E-state index contributed by atoms with van der Waals surface area (Å²) in [7, 11) is 0. The zero-order valence-electron chi connectivity index (χ0n) is 9.52. The zero-order chi connectivity index (χ0) is 13.0. The maximum atomic E-state index is 11.7.